The normalized spacial score (nSPS) is 18.2. The molecule has 2 rings (SSSR count). The Morgan fingerprint density at radius 2 is 1.90 bits per heavy atom. The van der Waals surface area contributed by atoms with Gasteiger partial charge in [-0.1, -0.05) is 18.5 Å². The summed E-state index contributed by atoms with van der Waals surface area (Å²) in [5.74, 6) is 0.458. The summed E-state index contributed by atoms with van der Waals surface area (Å²) in [6.45, 7) is 4.74. The highest BCUT2D eigenvalue weighted by molar-refractivity contribution is 6.30. The number of alkyl halides is 3. The molecule has 0 bridgehead atoms. The van der Waals surface area contributed by atoms with Gasteiger partial charge in [0.2, 0.25) is 0 Å². The summed E-state index contributed by atoms with van der Waals surface area (Å²) in [5, 5.41) is 0.257. The molecule has 0 aliphatic carbocycles. The summed E-state index contributed by atoms with van der Waals surface area (Å²) in [6, 6.07) is 4.26. The molecular formula is C14H17ClF3NO. The maximum atomic E-state index is 12.2. The highest BCUT2D eigenvalue weighted by Gasteiger charge is 2.31. The summed E-state index contributed by atoms with van der Waals surface area (Å²) >= 11 is 5.85. The third-order valence-electron chi connectivity index (χ3n) is 3.45. The van der Waals surface area contributed by atoms with Crippen molar-refractivity contribution in [3.63, 3.8) is 0 Å². The van der Waals surface area contributed by atoms with E-state index in [1.165, 1.54) is 12.1 Å². The van der Waals surface area contributed by atoms with Crippen LogP contribution in [0, 0.1) is 5.92 Å². The maximum absolute atomic E-state index is 12.2. The third-order valence-corrected chi connectivity index (χ3v) is 3.67. The molecule has 1 fully saturated rings. The molecule has 1 aliphatic rings. The van der Waals surface area contributed by atoms with E-state index in [1.54, 1.807) is 6.07 Å². The van der Waals surface area contributed by atoms with Crippen LogP contribution in [-0.2, 0) is 6.54 Å². The molecule has 1 heterocycles. The van der Waals surface area contributed by atoms with E-state index in [1.807, 2.05) is 0 Å². The Morgan fingerprint density at radius 3 is 2.50 bits per heavy atom. The average Bonchev–Trinajstić information content (AvgIpc) is 2.29. The number of piperidine rings is 1. The van der Waals surface area contributed by atoms with Gasteiger partial charge < -0.3 is 4.74 Å². The molecule has 112 valence electrons. The lowest BCUT2D eigenvalue weighted by Crippen LogP contribution is -2.32. The second-order valence-electron chi connectivity index (χ2n) is 5.30. The van der Waals surface area contributed by atoms with Gasteiger partial charge in [0.25, 0.3) is 0 Å². The van der Waals surface area contributed by atoms with Crippen molar-refractivity contribution >= 4 is 11.6 Å². The summed E-state index contributed by atoms with van der Waals surface area (Å²) in [5.41, 5.74) is 0.742. The average molecular weight is 308 g/mol. The fourth-order valence-electron chi connectivity index (χ4n) is 2.38. The van der Waals surface area contributed by atoms with E-state index in [0.29, 0.717) is 6.54 Å². The van der Waals surface area contributed by atoms with Crippen molar-refractivity contribution in [2.24, 2.45) is 5.92 Å². The topological polar surface area (TPSA) is 12.5 Å². The molecule has 1 aliphatic heterocycles. The van der Waals surface area contributed by atoms with Crippen LogP contribution in [0.2, 0.25) is 5.02 Å². The van der Waals surface area contributed by atoms with Gasteiger partial charge in [0.05, 0.1) is 0 Å². The third kappa shape index (κ3) is 4.87. The van der Waals surface area contributed by atoms with E-state index in [4.69, 9.17) is 11.6 Å². The van der Waals surface area contributed by atoms with Crippen LogP contribution in [0.4, 0.5) is 13.2 Å². The molecule has 0 aromatic heterocycles. The van der Waals surface area contributed by atoms with Crippen molar-refractivity contribution < 1.29 is 17.9 Å². The fourth-order valence-corrected chi connectivity index (χ4v) is 2.63. The monoisotopic (exact) mass is 307 g/mol. The molecule has 20 heavy (non-hydrogen) atoms. The molecule has 0 N–H and O–H groups in total. The van der Waals surface area contributed by atoms with Crippen LogP contribution in [0.1, 0.15) is 25.3 Å². The number of likely N-dealkylation sites (tertiary alicyclic amines) is 1. The van der Waals surface area contributed by atoms with Crippen molar-refractivity contribution in [1.82, 2.24) is 4.90 Å². The first-order valence-corrected chi connectivity index (χ1v) is 6.97. The molecule has 1 saturated heterocycles. The Hall–Kier alpha value is -0.940. The molecule has 2 nitrogen and oxygen atoms in total. The summed E-state index contributed by atoms with van der Waals surface area (Å²) in [6.07, 6.45) is -2.46. The Morgan fingerprint density at radius 1 is 1.25 bits per heavy atom. The first-order valence-electron chi connectivity index (χ1n) is 6.59. The van der Waals surface area contributed by atoms with E-state index in [2.05, 4.69) is 16.6 Å². The summed E-state index contributed by atoms with van der Waals surface area (Å²) < 4.78 is 40.6. The van der Waals surface area contributed by atoms with Gasteiger partial charge in [-0.2, -0.15) is 0 Å². The zero-order valence-electron chi connectivity index (χ0n) is 11.2. The number of halogens is 4. The van der Waals surface area contributed by atoms with Crippen LogP contribution in [-0.4, -0.2) is 24.4 Å². The van der Waals surface area contributed by atoms with Gasteiger partial charge >= 0.3 is 6.36 Å². The zero-order chi connectivity index (χ0) is 14.8. The zero-order valence-corrected chi connectivity index (χ0v) is 12.0. The van der Waals surface area contributed by atoms with Crippen LogP contribution >= 0.6 is 11.6 Å². The molecular weight excluding hydrogens is 291 g/mol. The first kappa shape index (κ1) is 15.4. The van der Waals surface area contributed by atoms with E-state index >= 15 is 0 Å². The lowest BCUT2D eigenvalue weighted by molar-refractivity contribution is -0.274. The van der Waals surface area contributed by atoms with Gasteiger partial charge in [0.15, 0.2) is 0 Å². The van der Waals surface area contributed by atoms with Crippen LogP contribution in [0.15, 0.2) is 18.2 Å². The van der Waals surface area contributed by atoms with E-state index in [-0.39, 0.29) is 10.8 Å². The minimum atomic E-state index is -4.69. The molecule has 1 aromatic carbocycles. The van der Waals surface area contributed by atoms with Crippen LogP contribution < -0.4 is 4.74 Å². The SMILES string of the molecule is CC1CCN(Cc2cc(Cl)cc(OC(F)(F)F)c2)CC1. The summed E-state index contributed by atoms with van der Waals surface area (Å²) in [7, 11) is 0. The quantitative estimate of drug-likeness (QED) is 0.817. The Kier molecular flexibility index (Phi) is 4.81. The number of nitrogens with zero attached hydrogens (tertiary/aromatic N) is 1. The predicted molar refractivity (Wildman–Crippen MR) is 71.8 cm³/mol. The van der Waals surface area contributed by atoms with Gasteiger partial charge in [-0.3, -0.25) is 4.90 Å². The maximum Gasteiger partial charge on any atom is 0.573 e. The number of hydrogen-bond acceptors (Lipinski definition) is 2. The highest BCUT2D eigenvalue weighted by Crippen LogP contribution is 2.28. The lowest BCUT2D eigenvalue weighted by atomic mass is 9.99. The first-order chi connectivity index (χ1) is 9.32. The molecule has 0 atom stereocenters. The van der Waals surface area contributed by atoms with Crippen molar-refractivity contribution in [3.05, 3.63) is 28.8 Å². The van der Waals surface area contributed by atoms with Gasteiger partial charge in [0, 0.05) is 11.6 Å². The number of hydrogen-bond donors (Lipinski definition) is 0. The van der Waals surface area contributed by atoms with E-state index in [9.17, 15) is 13.2 Å². The van der Waals surface area contributed by atoms with Crippen molar-refractivity contribution in [2.45, 2.75) is 32.7 Å². The van der Waals surface area contributed by atoms with Crippen LogP contribution in [0.5, 0.6) is 5.75 Å². The minimum absolute atomic E-state index is 0.257. The minimum Gasteiger partial charge on any atom is -0.406 e. The molecule has 0 radical (unpaired) electrons. The van der Waals surface area contributed by atoms with Crippen molar-refractivity contribution in [1.29, 1.82) is 0 Å². The van der Waals surface area contributed by atoms with E-state index in [0.717, 1.165) is 37.4 Å². The molecule has 0 amide bonds. The largest absolute Gasteiger partial charge is 0.573 e. The molecule has 0 spiro atoms. The number of rotatable bonds is 3. The molecule has 0 unspecified atom stereocenters. The van der Waals surface area contributed by atoms with Gasteiger partial charge in [-0.15, -0.1) is 13.2 Å². The smallest absolute Gasteiger partial charge is 0.406 e. The summed E-state index contributed by atoms with van der Waals surface area (Å²) in [4.78, 5) is 2.23. The van der Waals surface area contributed by atoms with Crippen molar-refractivity contribution in [3.8, 4) is 5.75 Å². The Labute approximate surface area is 121 Å². The Bertz CT molecular complexity index is 456. The van der Waals surface area contributed by atoms with Crippen LogP contribution in [0.25, 0.3) is 0 Å². The highest BCUT2D eigenvalue weighted by atomic mass is 35.5. The van der Waals surface area contributed by atoms with Gasteiger partial charge in [-0.25, -0.2) is 0 Å². The van der Waals surface area contributed by atoms with Gasteiger partial charge in [0.1, 0.15) is 5.75 Å². The van der Waals surface area contributed by atoms with E-state index < -0.39 is 6.36 Å². The second kappa shape index (κ2) is 6.22. The molecule has 0 saturated carbocycles. The fraction of sp³-hybridized carbons (Fsp3) is 0.571. The predicted octanol–water partition coefficient (Wildman–Crippen LogP) is 4.47. The lowest BCUT2D eigenvalue weighted by Gasteiger charge is -2.30. The van der Waals surface area contributed by atoms with Crippen LogP contribution in [0.3, 0.4) is 0 Å². The molecule has 6 heteroatoms. The second-order valence-corrected chi connectivity index (χ2v) is 5.74. The van der Waals surface area contributed by atoms with Crippen molar-refractivity contribution in [2.75, 3.05) is 13.1 Å². The number of ether oxygens (including phenoxy) is 1. The molecule has 1 aromatic rings. The standard InChI is InChI=1S/C14H17ClF3NO/c1-10-2-4-19(5-3-10)9-11-6-12(15)8-13(7-11)20-14(16,17)18/h6-8,10H,2-5,9H2,1H3. The Balaban J connectivity index is 2.04. The van der Waals surface area contributed by atoms with Gasteiger partial charge in [-0.05, 0) is 55.6 Å². The number of benzene rings is 1.